The van der Waals surface area contributed by atoms with E-state index in [0.717, 1.165) is 17.4 Å². The zero-order chi connectivity index (χ0) is 16.6. The summed E-state index contributed by atoms with van der Waals surface area (Å²) in [7, 11) is 0. The van der Waals surface area contributed by atoms with Crippen molar-refractivity contribution in [1.82, 2.24) is 0 Å². The zero-order valence-electron chi connectivity index (χ0n) is 13.1. The smallest absolute Gasteiger partial charge is 0.151 e. The van der Waals surface area contributed by atoms with Crippen molar-refractivity contribution in [3.05, 3.63) is 101 Å². The minimum absolute atomic E-state index is 0.466. The predicted octanol–water partition coefficient (Wildman–Crippen LogP) is 4.48. The van der Waals surface area contributed by atoms with Gasteiger partial charge in [-0.2, -0.15) is 0 Å². The summed E-state index contributed by atoms with van der Waals surface area (Å²) < 4.78 is 5.75. The molecular weight excluding hydrogens is 296 g/mol. The van der Waals surface area contributed by atoms with Gasteiger partial charge in [-0.25, -0.2) is 0 Å². The summed E-state index contributed by atoms with van der Waals surface area (Å²) >= 11 is 0. The average Bonchev–Trinajstić information content (AvgIpc) is 2.66. The number of benzene rings is 3. The molecule has 3 rings (SSSR count). The zero-order valence-corrected chi connectivity index (χ0v) is 13.1. The molecule has 116 valence electrons. The number of carbonyl (C=O) groups is 1. The maximum Gasteiger partial charge on any atom is 0.151 e. The van der Waals surface area contributed by atoms with Gasteiger partial charge in [-0.05, 0) is 35.9 Å². The summed E-state index contributed by atoms with van der Waals surface area (Å²) in [6, 6.07) is 25.0. The number of hydrogen-bond acceptors (Lipinski definition) is 2. The molecule has 0 fully saturated rings. The lowest BCUT2D eigenvalue weighted by Crippen LogP contribution is -1.97. The van der Waals surface area contributed by atoms with E-state index in [-0.39, 0.29) is 0 Å². The molecule has 0 atom stereocenters. The van der Waals surface area contributed by atoms with E-state index in [1.54, 1.807) is 6.07 Å². The topological polar surface area (TPSA) is 26.3 Å². The van der Waals surface area contributed by atoms with Gasteiger partial charge in [-0.15, -0.1) is 0 Å². The molecule has 0 spiro atoms. The Balaban J connectivity index is 1.76. The van der Waals surface area contributed by atoms with Crippen molar-refractivity contribution in [2.75, 3.05) is 0 Å². The van der Waals surface area contributed by atoms with E-state index >= 15 is 0 Å². The van der Waals surface area contributed by atoms with Crippen LogP contribution in [0.3, 0.4) is 0 Å². The van der Waals surface area contributed by atoms with E-state index in [0.29, 0.717) is 23.5 Å². The number of hydrogen-bond donors (Lipinski definition) is 0. The lowest BCUT2D eigenvalue weighted by atomic mass is 10.1. The van der Waals surface area contributed by atoms with Gasteiger partial charge in [0.05, 0.1) is 0 Å². The molecule has 3 aromatic rings. The lowest BCUT2D eigenvalue weighted by molar-refractivity contribution is 0.112. The van der Waals surface area contributed by atoms with Gasteiger partial charge in [0, 0.05) is 16.7 Å². The second-order valence-corrected chi connectivity index (χ2v) is 5.26. The fourth-order valence-corrected chi connectivity index (χ4v) is 2.24. The third kappa shape index (κ3) is 4.12. The van der Waals surface area contributed by atoms with Crippen LogP contribution in [0.4, 0.5) is 0 Å². The highest BCUT2D eigenvalue weighted by Crippen LogP contribution is 2.18. The van der Waals surface area contributed by atoms with E-state index in [1.807, 2.05) is 72.8 Å². The number of carbonyl (C=O) groups excluding carboxylic acids is 1. The Morgan fingerprint density at radius 1 is 0.833 bits per heavy atom. The van der Waals surface area contributed by atoms with E-state index in [4.69, 9.17) is 4.74 Å². The highest BCUT2D eigenvalue weighted by molar-refractivity contribution is 5.80. The maximum atomic E-state index is 11.3. The average molecular weight is 312 g/mol. The van der Waals surface area contributed by atoms with Crippen molar-refractivity contribution in [3.8, 4) is 17.6 Å². The molecule has 0 N–H and O–H groups in total. The van der Waals surface area contributed by atoms with Crippen LogP contribution in [0.15, 0.2) is 78.9 Å². The van der Waals surface area contributed by atoms with Crippen molar-refractivity contribution in [2.45, 2.75) is 6.61 Å². The van der Waals surface area contributed by atoms with Gasteiger partial charge in [-0.1, -0.05) is 60.4 Å². The summed E-state index contributed by atoms with van der Waals surface area (Å²) in [6.45, 7) is 0.466. The summed E-state index contributed by atoms with van der Waals surface area (Å²) in [5, 5.41) is 0. The molecule has 0 saturated heterocycles. The number of ether oxygens (including phenoxy) is 1. The second kappa shape index (κ2) is 7.80. The fourth-order valence-electron chi connectivity index (χ4n) is 2.24. The molecule has 0 unspecified atom stereocenters. The van der Waals surface area contributed by atoms with E-state index in [9.17, 15) is 4.79 Å². The lowest BCUT2D eigenvalue weighted by Gasteiger charge is -2.07. The first-order valence-corrected chi connectivity index (χ1v) is 7.68. The molecule has 0 aliphatic rings. The predicted molar refractivity (Wildman–Crippen MR) is 95.0 cm³/mol. The Labute approximate surface area is 141 Å². The molecule has 0 aromatic heterocycles. The Hall–Kier alpha value is -3.31. The Bertz CT molecular complexity index is 872. The van der Waals surface area contributed by atoms with Crippen LogP contribution in [0, 0.1) is 11.8 Å². The van der Waals surface area contributed by atoms with Gasteiger partial charge in [0.2, 0.25) is 0 Å². The molecule has 0 bridgehead atoms. The SMILES string of the molecule is O=Cc1cc(OCc2ccccc2)ccc1C#Cc1ccccc1. The molecule has 0 aliphatic carbocycles. The number of aldehydes is 1. The second-order valence-electron chi connectivity index (χ2n) is 5.26. The summed E-state index contributed by atoms with van der Waals surface area (Å²) in [4.78, 5) is 11.3. The molecule has 0 aliphatic heterocycles. The Morgan fingerprint density at radius 2 is 1.54 bits per heavy atom. The third-order valence-electron chi connectivity index (χ3n) is 3.51. The van der Waals surface area contributed by atoms with Crippen LogP contribution < -0.4 is 4.74 Å². The van der Waals surface area contributed by atoms with Crippen LogP contribution in [-0.2, 0) is 6.61 Å². The minimum atomic E-state index is 0.466. The van der Waals surface area contributed by atoms with Crippen molar-refractivity contribution in [1.29, 1.82) is 0 Å². The van der Waals surface area contributed by atoms with Crippen molar-refractivity contribution >= 4 is 6.29 Å². The van der Waals surface area contributed by atoms with Crippen LogP contribution in [0.25, 0.3) is 0 Å². The maximum absolute atomic E-state index is 11.3. The van der Waals surface area contributed by atoms with Crippen molar-refractivity contribution < 1.29 is 9.53 Å². The quantitative estimate of drug-likeness (QED) is 0.524. The number of rotatable bonds is 4. The molecule has 0 heterocycles. The molecular formula is C22H16O2. The summed E-state index contributed by atoms with van der Waals surface area (Å²) in [6.07, 6.45) is 0.810. The standard InChI is InChI=1S/C22H16O2/c23-16-21-15-22(24-17-19-9-5-2-6-10-19)14-13-20(21)12-11-18-7-3-1-4-8-18/h1-10,13-16H,17H2. The van der Waals surface area contributed by atoms with Crippen LogP contribution >= 0.6 is 0 Å². The molecule has 2 nitrogen and oxygen atoms in total. The minimum Gasteiger partial charge on any atom is -0.489 e. The highest BCUT2D eigenvalue weighted by Gasteiger charge is 2.03. The normalized spacial score (nSPS) is 9.67. The van der Waals surface area contributed by atoms with Gasteiger partial charge in [0.15, 0.2) is 6.29 Å². The van der Waals surface area contributed by atoms with Crippen LogP contribution in [0.5, 0.6) is 5.75 Å². The van der Waals surface area contributed by atoms with E-state index in [2.05, 4.69) is 11.8 Å². The molecule has 24 heavy (non-hydrogen) atoms. The van der Waals surface area contributed by atoms with Crippen molar-refractivity contribution in [3.63, 3.8) is 0 Å². The van der Waals surface area contributed by atoms with Gasteiger partial charge in [0.1, 0.15) is 12.4 Å². The van der Waals surface area contributed by atoms with Crippen LogP contribution in [-0.4, -0.2) is 6.29 Å². The summed E-state index contributed by atoms with van der Waals surface area (Å²) in [5.41, 5.74) is 3.22. The van der Waals surface area contributed by atoms with Gasteiger partial charge in [0.25, 0.3) is 0 Å². The van der Waals surface area contributed by atoms with Gasteiger partial charge < -0.3 is 4.74 Å². The molecule has 3 aromatic carbocycles. The first kappa shape index (κ1) is 15.6. The molecule has 2 heteroatoms. The molecule has 0 radical (unpaired) electrons. The largest absolute Gasteiger partial charge is 0.489 e. The Kier molecular flexibility index (Phi) is 5.07. The Morgan fingerprint density at radius 3 is 2.25 bits per heavy atom. The fraction of sp³-hybridized carbons (Fsp3) is 0.0455. The highest BCUT2D eigenvalue weighted by atomic mass is 16.5. The van der Waals surface area contributed by atoms with E-state index in [1.165, 1.54) is 0 Å². The first-order valence-electron chi connectivity index (χ1n) is 7.68. The summed E-state index contributed by atoms with van der Waals surface area (Å²) in [5.74, 6) is 6.77. The third-order valence-corrected chi connectivity index (χ3v) is 3.51. The van der Waals surface area contributed by atoms with Gasteiger partial charge in [-0.3, -0.25) is 4.79 Å². The van der Waals surface area contributed by atoms with Crippen molar-refractivity contribution in [2.24, 2.45) is 0 Å². The monoisotopic (exact) mass is 312 g/mol. The van der Waals surface area contributed by atoms with Crippen LogP contribution in [0.1, 0.15) is 27.0 Å². The van der Waals surface area contributed by atoms with Gasteiger partial charge >= 0.3 is 0 Å². The molecule has 0 amide bonds. The first-order chi connectivity index (χ1) is 11.8. The van der Waals surface area contributed by atoms with Crippen LogP contribution in [0.2, 0.25) is 0 Å². The van der Waals surface area contributed by atoms with E-state index < -0.39 is 0 Å². The molecule has 0 saturated carbocycles.